The molecule has 1 amide bonds. The number of hydrogen-bond donors (Lipinski definition) is 1. The zero-order chi connectivity index (χ0) is 15.0. The SMILES string of the molecule is CC1Oc2cccc(N3CCNCC3)c2N(C(C)C)C1=O. The Morgan fingerprint density at radius 2 is 2.00 bits per heavy atom. The number of carbonyl (C=O) groups is 1. The number of rotatable bonds is 2. The fraction of sp³-hybridized carbons (Fsp3) is 0.562. The third-order valence-corrected chi connectivity index (χ3v) is 4.08. The molecule has 5 heteroatoms. The van der Waals surface area contributed by atoms with Crippen LogP contribution in [0.2, 0.25) is 0 Å². The van der Waals surface area contributed by atoms with Gasteiger partial charge in [-0.2, -0.15) is 0 Å². The number of ether oxygens (including phenoxy) is 1. The zero-order valence-corrected chi connectivity index (χ0v) is 12.9. The van der Waals surface area contributed by atoms with Crippen LogP contribution in [0, 0.1) is 0 Å². The number of benzene rings is 1. The molecular weight excluding hydrogens is 266 g/mol. The molecule has 1 saturated heterocycles. The van der Waals surface area contributed by atoms with Crippen molar-refractivity contribution in [3.05, 3.63) is 18.2 Å². The predicted molar refractivity (Wildman–Crippen MR) is 84.2 cm³/mol. The van der Waals surface area contributed by atoms with Gasteiger partial charge in [-0.05, 0) is 32.9 Å². The van der Waals surface area contributed by atoms with E-state index in [0.29, 0.717) is 0 Å². The summed E-state index contributed by atoms with van der Waals surface area (Å²) in [5, 5.41) is 3.36. The molecule has 2 aliphatic heterocycles. The van der Waals surface area contributed by atoms with Gasteiger partial charge in [0.1, 0.15) is 11.4 Å². The smallest absolute Gasteiger partial charge is 0.268 e. The lowest BCUT2D eigenvalue weighted by atomic mass is 10.1. The van der Waals surface area contributed by atoms with Gasteiger partial charge >= 0.3 is 0 Å². The highest BCUT2D eigenvalue weighted by molar-refractivity contribution is 6.03. The van der Waals surface area contributed by atoms with Crippen LogP contribution in [0.25, 0.3) is 0 Å². The van der Waals surface area contributed by atoms with Crippen LogP contribution in [-0.4, -0.2) is 44.2 Å². The summed E-state index contributed by atoms with van der Waals surface area (Å²) in [6.45, 7) is 9.76. The number of hydrogen-bond acceptors (Lipinski definition) is 4. The third kappa shape index (κ3) is 2.46. The molecule has 1 unspecified atom stereocenters. The van der Waals surface area contributed by atoms with E-state index in [0.717, 1.165) is 43.3 Å². The monoisotopic (exact) mass is 289 g/mol. The molecule has 114 valence electrons. The van der Waals surface area contributed by atoms with E-state index in [4.69, 9.17) is 4.74 Å². The van der Waals surface area contributed by atoms with Gasteiger partial charge in [0, 0.05) is 32.2 Å². The van der Waals surface area contributed by atoms with Gasteiger partial charge in [-0.25, -0.2) is 0 Å². The first-order valence-corrected chi connectivity index (χ1v) is 7.68. The van der Waals surface area contributed by atoms with E-state index in [1.807, 2.05) is 37.8 Å². The van der Waals surface area contributed by atoms with Gasteiger partial charge in [0.2, 0.25) is 0 Å². The summed E-state index contributed by atoms with van der Waals surface area (Å²) < 4.78 is 5.82. The summed E-state index contributed by atoms with van der Waals surface area (Å²) in [5.74, 6) is 0.854. The third-order valence-electron chi connectivity index (χ3n) is 4.08. The molecule has 0 aliphatic carbocycles. The van der Waals surface area contributed by atoms with Crippen molar-refractivity contribution in [1.82, 2.24) is 5.32 Å². The molecule has 3 rings (SSSR count). The summed E-state index contributed by atoms with van der Waals surface area (Å²) in [6.07, 6.45) is -0.418. The summed E-state index contributed by atoms with van der Waals surface area (Å²) in [6, 6.07) is 6.18. The first kappa shape index (κ1) is 14.2. The van der Waals surface area contributed by atoms with E-state index in [1.165, 1.54) is 0 Å². The highest BCUT2D eigenvalue weighted by Crippen LogP contribution is 2.43. The molecule has 0 aromatic heterocycles. The van der Waals surface area contributed by atoms with Crippen molar-refractivity contribution in [3.63, 3.8) is 0 Å². The standard InChI is InChI=1S/C16H23N3O2/c1-11(2)19-15-13(18-9-7-17-8-10-18)5-4-6-14(15)21-12(3)16(19)20/h4-6,11-12,17H,7-10H2,1-3H3. The molecule has 1 N–H and O–H groups in total. The number of fused-ring (bicyclic) bond motifs is 1. The summed E-state index contributed by atoms with van der Waals surface area (Å²) in [4.78, 5) is 16.8. The van der Waals surface area contributed by atoms with Gasteiger partial charge in [0.05, 0.1) is 5.69 Å². The molecule has 21 heavy (non-hydrogen) atoms. The topological polar surface area (TPSA) is 44.8 Å². The molecule has 0 radical (unpaired) electrons. The van der Waals surface area contributed by atoms with Gasteiger partial charge in [-0.1, -0.05) is 6.07 Å². The maximum atomic E-state index is 12.5. The Morgan fingerprint density at radius 1 is 1.29 bits per heavy atom. The average molecular weight is 289 g/mol. The minimum absolute atomic E-state index is 0.0417. The predicted octanol–water partition coefficient (Wildman–Crippen LogP) is 1.62. The van der Waals surface area contributed by atoms with Crippen molar-refractivity contribution in [2.45, 2.75) is 32.9 Å². The van der Waals surface area contributed by atoms with Crippen LogP contribution in [0.4, 0.5) is 11.4 Å². The minimum atomic E-state index is -0.418. The second-order valence-corrected chi connectivity index (χ2v) is 5.92. The van der Waals surface area contributed by atoms with E-state index < -0.39 is 6.10 Å². The lowest BCUT2D eigenvalue weighted by molar-refractivity contribution is -0.125. The van der Waals surface area contributed by atoms with Crippen LogP contribution in [-0.2, 0) is 4.79 Å². The number of anilines is 2. The maximum Gasteiger partial charge on any atom is 0.268 e. The molecule has 5 nitrogen and oxygen atoms in total. The van der Waals surface area contributed by atoms with Gasteiger partial charge < -0.3 is 19.9 Å². The molecule has 0 bridgehead atoms. The lowest BCUT2D eigenvalue weighted by Crippen LogP contribution is -2.49. The molecule has 1 aromatic carbocycles. The van der Waals surface area contributed by atoms with Crippen LogP contribution < -0.4 is 19.9 Å². The van der Waals surface area contributed by atoms with Gasteiger partial charge in [-0.3, -0.25) is 4.79 Å². The van der Waals surface area contributed by atoms with E-state index in [9.17, 15) is 4.79 Å². The number of amides is 1. The molecule has 1 aromatic rings. The van der Waals surface area contributed by atoms with E-state index in [2.05, 4.69) is 16.3 Å². The first-order chi connectivity index (χ1) is 10.1. The van der Waals surface area contributed by atoms with Gasteiger partial charge in [0.15, 0.2) is 6.10 Å². The Bertz CT molecular complexity index is 538. The van der Waals surface area contributed by atoms with E-state index in [-0.39, 0.29) is 11.9 Å². The molecule has 0 saturated carbocycles. The number of piperazine rings is 1. The number of para-hydroxylation sites is 1. The van der Waals surface area contributed by atoms with E-state index in [1.54, 1.807) is 0 Å². The van der Waals surface area contributed by atoms with E-state index >= 15 is 0 Å². The Balaban J connectivity index is 2.08. The van der Waals surface area contributed by atoms with Crippen LogP contribution in [0.3, 0.4) is 0 Å². The quantitative estimate of drug-likeness (QED) is 0.898. The number of carbonyl (C=O) groups excluding carboxylic acids is 1. The van der Waals surface area contributed by atoms with Crippen molar-refractivity contribution in [3.8, 4) is 5.75 Å². The molecule has 1 atom stereocenters. The van der Waals surface area contributed by atoms with Gasteiger partial charge in [-0.15, -0.1) is 0 Å². The van der Waals surface area contributed by atoms with Crippen molar-refractivity contribution in [1.29, 1.82) is 0 Å². The van der Waals surface area contributed by atoms with Crippen molar-refractivity contribution >= 4 is 17.3 Å². The summed E-state index contributed by atoms with van der Waals surface area (Å²) in [5.41, 5.74) is 2.03. The highest BCUT2D eigenvalue weighted by Gasteiger charge is 2.35. The number of nitrogens with zero attached hydrogens (tertiary/aromatic N) is 2. The normalized spacial score (nSPS) is 22.3. The average Bonchev–Trinajstić information content (AvgIpc) is 2.48. The molecule has 2 aliphatic rings. The second kappa shape index (κ2) is 5.56. The summed E-state index contributed by atoms with van der Waals surface area (Å²) >= 11 is 0. The highest BCUT2D eigenvalue weighted by atomic mass is 16.5. The fourth-order valence-electron chi connectivity index (χ4n) is 3.07. The van der Waals surface area contributed by atoms with Crippen LogP contribution >= 0.6 is 0 Å². The molecule has 2 heterocycles. The Morgan fingerprint density at radius 3 is 2.67 bits per heavy atom. The molecular formula is C16H23N3O2. The van der Waals surface area contributed by atoms with Crippen molar-refractivity contribution in [2.24, 2.45) is 0 Å². The number of nitrogens with one attached hydrogen (secondary N) is 1. The largest absolute Gasteiger partial charge is 0.479 e. The van der Waals surface area contributed by atoms with Crippen molar-refractivity contribution < 1.29 is 9.53 Å². The Hall–Kier alpha value is -1.75. The molecule has 1 fully saturated rings. The maximum absolute atomic E-state index is 12.5. The van der Waals surface area contributed by atoms with Crippen LogP contribution in [0.15, 0.2) is 18.2 Å². The first-order valence-electron chi connectivity index (χ1n) is 7.68. The summed E-state index contributed by atoms with van der Waals surface area (Å²) in [7, 11) is 0. The Kier molecular flexibility index (Phi) is 3.76. The van der Waals surface area contributed by atoms with Crippen LogP contribution in [0.1, 0.15) is 20.8 Å². The molecule has 0 spiro atoms. The second-order valence-electron chi connectivity index (χ2n) is 5.92. The van der Waals surface area contributed by atoms with Crippen LogP contribution in [0.5, 0.6) is 5.75 Å². The fourth-order valence-corrected chi connectivity index (χ4v) is 3.07. The Labute approximate surface area is 125 Å². The van der Waals surface area contributed by atoms with Gasteiger partial charge in [0.25, 0.3) is 5.91 Å². The zero-order valence-electron chi connectivity index (χ0n) is 12.9. The lowest BCUT2D eigenvalue weighted by Gasteiger charge is -2.40. The van der Waals surface area contributed by atoms with Crippen molar-refractivity contribution in [2.75, 3.05) is 36.0 Å². The minimum Gasteiger partial charge on any atom is -0.479 e.